The molecule has 0 fully saturated rings. The highest BCUT2D eigenvalue weighted by atomic mass is 16.2. The van der Waals surface area contributed by atoms with Gasteiger partial charge in [-0.2, -0.15) is 5.10 Å². The molecule has 0 atom stereocenters. The number of amides is 2. The van der Waals surface area contributed by atoms with Crippen molar-refractivity contribution in [1.82, 2.24) is 15.7 Å². The van der Waals surface area contributed by atoms with Gasteiger partial charge in [0.15, 0.2) is 0 Å². The van der Waals surface area contributed by atoms with Crippen LogP contribution in [0.25, 0.3) is 10.9 Å². The Morgan fingerprint density at radius 1 is 1.00 bits per heavy atom. The predicted octanol–water partition coefficient (Wildman–Crippen LogP) is 1.93. The smallest absolute Gasteiger partial charge is 0.329 e. The first kappa shape index (κ1) is 15.5. The van der Waals surface area contributed by atoms with E-state index in [1.807, 2.05) is 54.6 Å². The van der Waals surface area contributed by atoms with Gasteiger partial charge in [-0.3, -0.25) is 9.59 Å². The number of hydrazone groups is 1. The zero-order valence-corrected chi connectivity index (χ0v) is 12.8. The van der Waals surface area contributed by atoms with E-state index in [1.54, 1.807) is 6.20 Å². The molecule has 0 spiro atoms. The van der Waals surface area contributed by atoms with E-state index >= 15 is 0 Å². The van der Waals surface area contributed by atoms with Gasteiger partial charge >= 0.3 is 11.8 Å². The molecule has 0 bridgehead atoms. The maximum atomic E-state index is 11.7. The molecule has 3 aromatic rings. The van der Waals surface area contributed by atoms with Crippen molar-refractivity contribution in [3.63, 3.8) is 0 Å². The lowest BCUT2D eigenvalue weighted by atomic mass is 10.2. The van der Waals surface area contributed by atoms with Gasteiger partial charge in [0, 0.05) is 29.2 Å². The number of rotatable bonds is 4. The van der Waals surface area contributed by atoms with Crippen LogP contribution >= 0.6 is 0 Å². The summed E-state index contributed by atoms with van der Waals surface area (Å²) in [6, 6.07) is 17.1. The Morgan fingerprint density at radius 2 is 1.75 bits per heavy atom. The Bertz CT molecular complexity index is 884. The molecule has 1 heterocycles. The van der Waals surface area contributed by atoms with Gasteiger partial charge in [-0.15, -0.1) is 0 Å². The molecule has 0 aliphatic heterocycles. The fourth-order valence-electron chi connectivity index (χ4n) is 2.27. The molecule has 1 aromatic heterocycles. The molecule has 0 unspecified atom stereocenters. The molecule has 2 amide bonds. The van der Waals surface area contributed by atoms with Crippen LogP contribution in [0.1, 0.15) is 11.1 Å². The summed E-state index contributed by atoms with van der Waals surface area (Å²) in [5.41, 5.74) is 4.95. The number of carbonyl (C=O) groups excluding carboxylic acids is 2. The minimum Gasteiger partial charge on any atom is -0.361 e. The van der Waals surface area contributed by atoms with Gasteiger partial charge < -0.3 is 10.3 Å². The average molecular weight is 320 g/mol. The topological polar surface area (TPSA) is 86.3 Å². The zero-order valence-electron chi connectivity index (χ0n) is 12.8. The number of nitrogens with one attached hydrogen (secondary N) is 3. The second-order valence-electron chi connectivity index (χ2n) is 5.16. The fourth-order valence-corrected chi connectivity index (χ4v) is 2.27. The maximum absolute atomic E-state index is 11.7. The number of H-pyrrole nitrogens is 1. The zero-order chi connectivity index (χ0) is 16.8. The highest BCUT2D eigenvalue weighted by molar-refractivity contribution is 6.35. The molecule has 120 valence electrons. The van der Waals surface area contributed by atoms with Crippen molar-refractivity contribution in [2.75, 3.05) is 0 Å². The molecule has 3 N–H and O–H groups in total. The van der Waals surface area contributed by atoms with Crippen LogP contribution in [0.2, 0.25) is 0 Å². The van der Waals surface area contributed by atoms with Gasteiger partial charge in [-0.25, -0.2) is 5.43 Å². The Balaban J connectivity index is 1.54. The third-order valence-corrected chi connectivity index (χ3v) is 3.49. The summed E-state index contributed by atoms with van der Waals surface area (Å²) in [4.78, 5) is 26.5. The van der Waals surface area contributed by atoms with E-state index in [0.717, 1.165) is 22.0 Å². The molecular formula is C18H16N4O2. The number of para-hydroxylation sites is 1. The molecular weight excluding hydrogens is 304 g/mol. The molecule has 0 saturated heterocycles. The van der Waals surface area contributed by atoms with Crippen LogP contribution in [0, 0.1) is 0 Å². The number of fused-ring (bicyclic) bond motifs is 1. The van der Waals surface area contributed by atoms with E-state index in [0.29, 0.717) is 6.54 Å². The van der Waals surface area contributed by atoms with Gasteiger partial charge in [0.1, 0.15) is 0 Å². The number of hydrogen-bond donors (Lipinski definition) is 3. The van der Waals surface area contributed by atoms with Gasteiger partial charge in [-0.1, -0.05) is 48.5 Å². The lowest BCUT2D eigenvalue weighted by molar-refractivity contribution is -0.139. The van der Waals surface area contributed by atoms with Crippen molar-refractivity contribution in [1.29, 1.82) is 0 Å². The molecule has 0 aliphatic carbocycles. The minimum atomic E-state index is -0.804. The van der Waals surface area contributed by atoms with E-state index in [-0.39, 0.29) is 0 Å². The van der Waals surface area contributed by atoms with Gasteiger partial charge in [0.25, 0.3) is 0 Å². The Morgan fingerprint density at radius 3 is 2.58 bits per heavy atom. The standard InChI is InChI=1S/C18H16N4O2/c23-17(20-10-13-6-2-1-3-7-13)18(24)22-21-12-14-11-19-16-9-5-4-8-15(14)16/h1-9,11-12,19H,10H2,(H,20,23)(H,22,24)/b21-12-. The number of aromatic amines is 1. The van der Waals surface area contributed by atoms with Crippen LogP contribution in [0.15, 0.2) is 65.9 Å². The van der Waals surface area contributed by atoms with Crippen LogP contribution in [-0.2, 0) is 16.1 Å². The van der Waals surface area contributed by atoms with Crippen LogP contribution < -0.4 is 10.7 Å². The van der Waals surface area contributed by atoms with E-state index in [4.69, 9.17) is 0 Å². The number of hydrogen-bond acceptors (Lipinski definition) is 3. The summed E-state index contributed by atoms with van der Waals surface area (Å²) < 4.78 is 0. The SMILES string of the molecule is O=C(NCc1ccccc1)C(=O)N/N=C\c1c[nH]c2ccccc12. The lowest BCUT2D eigenvalue weighted by Crippen LogP contribution is -2.37. The molecule has 24 heavy (non-hydrogen) atoms. The first-order chi connectivity index (χ1) is 11.7. The highest BCUT2D eigenvalue weighted by Gasteiger charge is 2.11. The summed E-state index contributed by atoms with van der Waals surface area (Å²) in [6.07, 6.45) is 3.29. The largest absolute Gasteiger partial charge is 0.361 e. The molecule has 2 aromatic carbocycles. The van der Waals surface area contributed by atoms with Crippen molar-refractivity contribution in [3.05, 3.63) is 71.9 Å². The van der Waals surface area contributed by atoms with Crippen LogP contribution in [0.5, 0.6) is 0 Å². The molecule has 6 heteroatoms. The molecule has 6 nitrogen and oxygen atoms in total. The summed E-state index contributed by atoms with van der Waals surface area (Å²) in [7, 11) is 0. The molecule has 0 radical (unpaired) electrons. The maximum Gasteiger partial charge on any atom is 0.329 e. The summed E-state index contributed by atoms with van der Waals surface area (Å²) in [6.45, 7) is 0.291. The normalized spacial score (nSPS) is 10.8. The van der Waals surface area contributed by atoms with Crippen LogP contribution in [0.3, 0.4) is 0 Å². The minimum absolute atomic E-state index is 0.291. The number of aromatic nitrogens is 1. The number of benzene rings is 2. The number of carbonyl (C=O) groups is 2. The van der Waals surface area contributed by atoms with Crippen molar-refractivity contribution in [3.8, 4) is 0 Å². The predicted molar refractivity (Wildman–Crippen MR) is 92.3 cm³/mol. The van der Waals surface area contributed by atoms with Gasteiger partial charge in [-0.05, 0) is 11.6 Å². The molecule has 0 saturated carbocycles. The Hall–Kier alpha value is -3.41. The van der Waals surface area contributed by atoms with Gasteiger partial charge in [0.2, 0.25) is 0 Å². The molecule has 3 rings (SSSR count). The van der Waals surface area contributed by atoms with Crippen molar-refractivity contribution < 1.29 is 9.59 Å². The van der Waals surface area contributed by atoms with E-state index in [2.05, 4.69) is 20.8 Å². The molecule has 0 aliphatic rings. The monoisotopic (exact) mass is 320 g/mol. The Kier molecular flexibility index (Phi) is 4.67. The highest BCUT2D eigenvalue weighted by Crippen LogP contribution is 2.15. The number of nitrogens with zero attached hydrogens (tertiary/aromatic N) is 1. The van der Waals surface area contributed by atoms with E-state index in [9.17, 15) is 9.59 Å². The van der Waals surface area contributed by atoms with Crippen LogP contribution in [-0.4, -0.2) is 23.0 Å². The van der Waals surface area contributed by atoms with Crippen molar-refractivity contribution in [2.45, 2.75) is 6.54 Å². The summed E-state index contributed by atoms with van der Waals surface area (Å²) >= 11 is 0. The van der Waals surface area contributed by atoms with Crippen molar-refractivity contribution in [2.24, 2.45) is 5.10 Å². The van der Waals surface area contributed by atoms with Gasteiger partial charge in [0.05, 0.1) is 6.21 Å². The van der Waals surface area contributed by atoms with Crippen molar-refractivity contribution >= 4 is 28.9 Å². The Labute approximate surface area is 138 Å². The van der Waals surface area contributed by atoms with E-state index in [1.165, 1.54) is 6.21 Å². The fraction of sp³-hybridized carbons (Fsp3) is 0.0556. The summed E-state index contributed by atoms with van der Waals surface area (Å²) in [5, 5.41) is 7.37. The van der Waals surface area contributed by atoms with Crippen LogP contribution in [0.4, 0.5) is 0 Å². The first-order valence-corrected chi connectivity index (χ1v) is 7.45. The quantitative estimate of drug-likeness (QED) is 0.390. The average Bonchev–Trinajstić information content (AvgIpc) is 3.04. The third kappa shape index (κ3) is 3.67. The first-order valence-electron chi connectivity index (χ1n) is 7.45. The van der Waals surface area contributed by atoms with E-state index < -0.39 is 11.8 Å². The summed E-state index contributed by atoms with van der Waals surface area (Å²) in [5.74, 6) is -1.53. The lowest BCUT2D eigenvalue weighted by Gasteiger charge is -2.03. The second-order valence-corrected chi connectivity index (χ2v) is 5.16. The third-order valence-electron chi connectivity index (χ3n) is 3.49. The second kappa shape index (κ2) is 7.23.